The molecule has 0 atom stereocenters. The molecule has 24 heavy (non-hydrogen) atoms. The Hall–Kier alpha value is -2.45. The van der Waals surface area contributed by atoms with Crippen molar-refractivity contribution in [2.75, 3.05) is 10.6 Å². The fourth-order valence-corrected chi connectivity index (χ4v) is 2.39. The van der Waals surface area contributed by atoms with Gasteiger partial charge in [0, 0.05) is 12.1 Å². The lowest BCUT2D eigenvalue weighted by Crippen LogP contribution is -2.38. The van der Waals surface area contributed by atoms with Gasteiger partial charge in [-0.05, 0) is 39.8 Å². The van der Waals surface area contributed by atoms with Crippen LogP contribution in [0.4, 0.5) is 25.1 Å². The molecule has 0 radical (unpaired) electrons. The topological polar surface area (TPSA) is 80.8 Å². The number of halogens is 3. The smallest absolute Gasteiger partial charge is 0.368 e. The summed E-state index contributed by atoms with van der Waals surface area (Å²) in [4.78, 5) is 17.8. The largest absolute Gasteiger partial charge is 0.433 e. The van der Waals surface area contributed by atoms with Crippen molar-refractivity contribution >= 4 is 11.9 Å². The molecule has 0 aromatic carbocycles. The first-order chi connectivity index (χ1) is 11.1. The Morgan fingerprint density at radius 3 is 2.12 bits per heavy atom. The maximum Gasteiger partial charge on any atom is 0.433 e. The molecule has 2 heterocycles. The van der Waals surface area contributed by atoms with Crippen LogP contribution in [-0.4, -0.2) is 32.0 Å². The summed E-state index contributed by atoms with van der Waals surface area (Å²) in [5.74, 6) is 0.247. The summed E-state index contributed by atoms with van der Waals surface area (Å²) in [6, 6.07) is 3.71. The van der Waals surface area contributed by atoms with Crippen LogP contribution in [0.1, 0.15) is 33.4 Å². The second kappa shape index (κ2) is 6.58. The number of nitrogens with two attached hydrogens (primary N) is 1. The van der Waals surface area contributed by atoms with Crippen molar-refractivity contribution in [3.05, 3.63) is 23.9 Å². The second-order valence-electron chi connectivity index (χ2n) is 5.82. The lowest BCUT2D eigenvalue weighted by atomic mass is 10.2. The van der Waals surface area contributed by atoms with Crippen LogP contribution in [0.3, 0.4) is 0 Å². The van der Waals surface area contributed by atoms with Gasteiger partial charge in [-0.2, -0.15) is 28.1 Å². The van der Waals surface area contributed by atoms with E-state index in [4.69, 9.17) is 5.73 Å². The number of alkyl halides is 3. The van der Waals surface area contributed by atoms with E-state index >= 15 is 0 Å². The SMILES string of the molecule is CC(C)N(c1nc(N)nc(-c2cccc(C(F)(F)F)n2)n1)C(C)C. The average molecular weight is 340 g/mol. The Morgan fingerprint density at radius 1 is 0.958 bits per heavy atom. The molecule has 6 nitrogen and oxygen atoms in total. The van der Waals surface area contributed by atoms with E-state index in [1.807, 2.05) is 32.6 Å². The molecular weight excluding hydrogens is 321 g/mol. The molecule has 0 saturated carbocycles. The van der Waals surface area contributed by atoms with Crippen molar-refractivity contribution in [3.8, 4) is 11.5 Å². The molecule has 130 valence electrons. The third kappa shape index (κ3) is 3.90. The third-order valence-electron chi connectivity index (χ3n) is 3.25. The molecule has 0 bridgehead atoms. The number of nitrogen functional groups attached to an aromatic ring is 1. The van der Waals surface area contributed by atoms with Crippen molar-refractivity contribution < 1.29 is 13.2 Å². The predicted molar refractivity (Wildman–Crippen MR) is 85.2 cm³/mol. The highest BCUT2D eigenvalue weighted by atomic mass is 19.4. The molecular formula is C15H19F3N6. The molecule has 0 aliphatic heterocycles. The van der Waals surface area contributed by atoms with Crippen LogP contribution in [0.15, 0.2) is 18.2 Å². The zero-order valence-corrected chi connectivity index (χ0v) is 13.8. The van der Waals surface area contributed by atoms with E-state index < -0.39 is 11.9 Å². The van der Waals surface area contributed by atoms with Crippen molar-refractivity contribution in [2.24, 2.45) is 0 Å². The summed E-state index contributed by atoms with van der Waals surface area (Å²) in [5, 5.41) is 0. The van der Waals surface area contributed by atoms with Gasteiger partial charge in [-0.25, -0.2) is 4.98 Å². The Balaban J connectivity index is 2.53. The number of nitrogens with zero attached hydrogens (tertiary/aromatic N) is 5. The first-order valence-corrected chi connectivity index (χ1v) is 7.44. The molecule has 0 fully saturated rings. The number of hydrogen-bond acceptors (Lipinski definition) is 6. The normalized spacial score (nSPS) is 12.0. The van der Waals surface area contributed by atoms with E-state index in [1.165, 1.54) is 12.1 Å². The standard InChI is InChI=1S/C15H19F3N6/c1-8(2)24(9(3)4)14-22-12(21-13(19)23-14)10-6-5-7-11(20-10)15(16,17)18/h5-9H,1-4H3,(H2,19,21,22,23). The quantitative estimate of drug-likeness (QED) is 0.921. The Kier molecular flexibility index (Phi) is 4.91. The van der Waals surface area contributed by atoms with Crippen LogP contribution in [-0.2, 0) is 6.18 Å². The lowest BCUT2D eigenvalue weighted by molar-refractivity contribution is -0.141. The van der Waals surface area contributed by atoms with Crippen molar-refractivity contribution in [1.82, 2.24) is 19.9 Å². The number of aromatic nitrogens is 4. The maximum atomic E-state index is 12.8. The molecule has 0 saturated heterocycles. The van der Waals surface area contributed by atoms with Crippen LogP contribution in [0, 0.1) is 0 Å². The van der Waals surface area contributed by atoms with Gasteiger partial charge in [0.05, 0.1) is 0 Å². The molecule has 0 spiro atoms. The van der Waals surface area contributed by atoms with Gasteiger partial charge in [0.25, 0.3) is 0 Å². The molecule has 0 aliphatic carbocycles. The summed E-state index contributed by atoms with van der Waals surface area (Å²) in [5.41, 5.74) is 4.70. The maximum absolute atomic E-state index is 12.8. The van der Waals surface area contributed by atoms with Crippen molar-refractivity contribution in [3.63, 3.8) is 0 Å². The Morgan fingerprint density at radius 2 is 1.58 bits per heavy atom. The lowest BCUT2D eigenvalue weighted by Gasteiger charge is -2.30. The van der Waals surface area contributed by atoms with Gasteiger partial charge in [0.2, 0.25) is 11.9 Å². The number of hydrogen-bond donors (Lipinski definition) is 1. The van der Waals surface area contributed by atoms with Crippen LogP contribution in [0.25, 0.3) is 11.5 Å². The minimum atomic E-state index is -4.54. The van der Waals surface area contributed by atoms with Gasteiger partial charge in [-0.1, -0.05) is 6.07 Å². The van der Waals surface area contributed by atoms with Crippen LogP contribution in [0.2, 0.25) is 0 Å². The second-order valence-corrected chi connectivity index (χ2v) is 5.82. The van der Waals surface area contributed by atoms with Crippen LogP contribution in [0.5, 0.6) is 0 Å². The fourth-order valence-electron chi connectivity index (χ4n) is 2.39. The zero-order valence-electron chi connectivity index (χ0n) is 13.8. The van der Waals surface area contributed by atoms with E-state index in [-0.39, 0.29) is 29.6 Å². The van der Waals surface area contributed by atoms with E-state index in [0.29, 0.717) is 5.95 Å². The first-order valence-electron chi connectivity index (χ1n) is 7.44. The summed E-state index contributed by atoms with van der Waals surface area (Å²) < 4.78 is 38.5. The summed E-state index contributed by atoms with van der Waals surface area (Å²) in [6.45, 7) is 7.84. The predicted octanol–water partition coefficient (Wildman–Crippen LogP) is 3.16. The van der Waals surface area contributed by atoms with Crippen LogP contribution < -0.4 is 10.6 Å². The summed E-state index contributed by atoms with van der Waals surface area (Å²) in [7, 11) is 0. The van der Waals surface area contributed by atoms with E-state index in [0.717, 1.165) is 6.07 Å². The molecule has 0 unspecified atom stereocenters. The van der Waals surface area contributed by atoms with Gasteiger partial charge in [-0.15, -0.1) is 0 Å². The van der Waals surface area contributed by atoms with E-state index in [1.54, 1.807) is 0 Å². The van der Waals surface area contributed by atoms with Crippen molar-refractivity contribution in [1.29, 1.82) is 0 Å². The number of anilines is 2. The first kappa shape index (κ1) is 17.9. The highest BCUT2D eigenvalue weighted by Gasteiger charge is 2.32. The zero-order chi connectivity index (χ0) is 18.1. The van der Waals surface area contributed by atoms with E-state index in [9.17, 15) is 13.2 Å². The van der Waals surface area contributed by atoms with Gasteiger partial charge in [0.1, 0.15) is 11.4 Å². The molecule has 2 rings (SSSR count). The van der Waals surface area contributed by atoms with Gasteiger partial charge in [-0.3, -0.25) is 0 Å². The highest BCUT2D eigenvalue weighted by Crippen LogP contribution is 2.29. The van der Waals surface area contributed by atoms with Crippen molar-refractivity contribution in [2.45, 2.75) is 46.0 Å². The van der Waals surface area contributed by atoms with Gasteiger partial charge in [0.15, 0.2) is 5.82 Å². The monoisotopic (exact) mass is 340 g/mol. The Labute approximate surface area is 138 Å². The molecule has 0 aliphatic rings. The molecule has 2 aromatic rings. The summed E-state index contributed by atoms with van der Waals surface area (Å²) >= 11 is 0. The molecule has 0 amide bonds. The average Bonchev–Trinajstić information content (AvgIpc) is 2.45. The van der Waals surface area contributed by atoms with Crippen LogP contribution >= 0.6 is 0 Å². The molecule has 9 heteroatoms. The van der Waals surface area contributed by atoms with Gasteiger partial charge < -0.3 is 10.6 Å². The number of rotatable bonds is 4. The Bertz CT molecular complexity index is 707. The minimum Gasteiger partial charge on any atom is -0.368 e. The van der Waals surface area contributed by atoms with E-state index in [2.05, 4.69) is 19.9 Å². The number of pyridine rings is 1. The molecule has 2 aromatic heterocycles. The molecule has 2 N–H and O–H groups in total. The minimum absolute atomic E-state index is 0.00682. The summed E-state index contributed by atoms with van der Waals surface area (Å²) in [6.07, 6.45) is -4.54. The van der Waals surface area contributed by atoms with Gasteiger partial charge >= 0.3 is 6.18 Å². The third-order valence-corrected chi connectivity index (χ3v) is 3.25. The fraction of sp³-hybridized carbons (Fsp3) is 0.467. The highest BCUT2D eigenvalue weighted by molar-refractivity contribution is 5.54.